The van der Waals surface area contributed by atoms with Crippen molar-refractivity contribution in [1.82, 2.24) is 9.97 Å². The van der Waals surface area contributed by atoms with Crippen molar-refractivity contribution in [3.63, 3.8) is 0 Å². The number of nitrogens with zero attached hydrogens (tertiary/aromatic N) is 1. The van der Waals surface area contributed by atoms with E-state index in [1.165, 1.54) is 6.07 Å². The summed E-state index contributed by atoms with van der Waals surface area (Å²) >= 11 is 0. The maximum absolute atomic E-state index is 13.9. The van der Waals surface area contributed by atoms with Gasteiger partial charge in [0.1, 0.15) is 17.5 Å². The van der Waals surface area contributed by atoms with E-state index in [1.54, 1.807) is 25.1 Å². The number of aromatic nitrogens is 2. The van der Waals surface area contributed by atoms with Gasteiger partial charge in [-0.3, -0.25) is 9.59 Å². The van der Waals surface area contributed by atoms with Crippen molar-refractivity contribution in [2.75, 3.05) is 5.32 Å². The highest BCUT2D eigenvalue weighted by Crippen LogP contribution is 2.34. The summed E-state index contributed by atoms with van der Waals surface area (Å²) in [6, 6.07) is 6.15. The first-order valence-electron chi connectivity index (χ1n) is 6.21. The Kier molecular flexibility index (Phi) is 2.85. The summed E-state index contributed by atoms with van der Waals surface area (Å²) in [4.78, 5) is 30.6. The van der Waals surface area contributed by atoms with E-state index in [4.69, 9.17) is 0 Å². The van der Waals surface area contributed by atoms with Crippen molar-refractivity contribution in [2.45, 2.75) is 19.3 Å². The zero-order chi connectivity index (χ0) is 14.3. The molecule has 0 bridgehead atoms. The normalized spacial score (nSPS) is 17.5. The highest BCUT2D eigenvalue weighted by Gasteiger charge is 2.31. The molecule has 2 aromatic rings. The highest BCUT2D eigenvalue weighted by molar-refractivity contribution is 5.94. The van der Waals surface area contributed by atoms with Crippen LogP contribution in [0, 0.1) is 12.7 Å². The molecule has 1 aromatic heterocycles. The van der Waals surface area contributed by atoms with Crippen molar-refractivity contribution in [2.24, 2.45) is 0 Å². The number of fused-ring (bicyclic) bond motifs is 1. The first kappa shape index (κ1) is 12.5. The Morgan fingerprint density at radius 1 is 1.30 bits per heavy atom. The molecule has 0 spiro atoms. The van der Waals surface area contributed by atoms with E-state index in [0.29, 0.717) is 17.0 Å². The smallest absolute Gasteiger partial charge is 0.256 e. The second-order valence-electron chi connectivity index (χ2n) is 4.74. The van der Waals surface area contributed by atoms with E-state index in [-0.39, 0.29) is 23.7 Å². The van der Waals surface area contributed by atoms with Gasteiger partial charge in [-0.2, -0.15) is 0 Å². The van der Waals surface area contributed by atoms with Gasteiger partial charge in [-0.15, -0.1) is 0 Å². The zero-order valence-electron chi connectivity index (χ0n) is 10.7. The minimum absolute atomic E-state index is 0.0295. The molecule has 3 rings (SSSR count). The van der Waals surface area contributed by atoms with Crippen LogP contribution in [0.3, 0.4) is 0 Å². The monoisotopic (exact) mass is 273 g/mol. The van der Waals surface area contributed by atoms with Gasteiger partial charge in [-0.05, 0) is 18.6 Å². The minimum atomic E-state index is -0.614. The van der Waals surface area contributed by atoms with Crippen molar-refractivity contribution in [1.29, 1.82) is 0 Å². The summed E-state index contributed by atoms with van der Waals surface area (Å²) in [5.74, 6) is -0.697. The molecule has 0 saturated heterocycles. The first-order chi connectivity index (χ1) is 9.56. The number of aromatic amines is 1. The number of hydrogen-bond donors (Lipinski definition) is 2. The summed E-state index contributed by atoms with van der Waals surface area (Å²) in [7, 11) is 0. The van der Waals surface area contributed by atoms with Gasteiger partial charge in [0.05, 0.1) is 5.56 Å². The lowest BCUT2D eigenvalue weighted by molar-refractivity contribution is -0.116. The third-order valence-electron chi connectivity index (χ3n) is 3.35. The number of H-pyrrole nitrogens is 1. The van der Waals surface area contributed by atoms with Crippen molar-refractivity contribution < 1.29 is 9.18 Å². The molecule has 0 radical (unpaired) electrons. The van der Waals surface area contributed by atoms with E-state index in [0.717, 1.165) is 0 Å². The Labute approximate surface area is 113 Å². The molecule has 1 aliphatic rings. The second-order valence-corrected chi connectivity index (χ2v) is 4.74. The largest absolute Gasteiger partial charge is 0.310 e. The Morgan fingerprint density at radius 3 is 2.80 bits per heavy atom. The maximum Gasteiger partial charge on any atom is 0.256 e. The number of anilines is 1. The van der Waals surface area contributed by atoms with Crippen LogP contribution in [0.2, 0.25) is 0 Å². The molecule has 0 fully saturated rings. The van der Waals surface area contributed by atoms with E-state index in [1.807, 2.05) is 0 Å². The number of halogens is 1. The van der Waals surface area contributed by atoms with Crippen LogP contribution < -0.4 is 10.9 Å². The molecule has 1 aromatic carbocycles. The SMILES string of the molecule is Cc1nc2c(c(=O)[nH]1)C(c1ccccc1F)CC(=O)N2. The van der Waals surface area contributed by atoms with Crippen LogP contribution in [0.4, 0.5) is 10.2 Å². The highest BCUT2D eigenvalue weighted by atomic mass is 19.1. The van der Waals surface area contributed by atoms with Crippen LogP contribution in [-0.4, -0.2) is 15.9 Å². The Bertz CT molecular complexity index is 754. The number of carbonyl (C=O) groups excluding carboxylic acids is 1. The third-order valence-corrected chi connectivity index (χ3v) is 3.35. The number of carbonyl (C=O) groups is 1. The number of nitrogens with one attached hydrogen (secondary N) is 2. The summed E-state index contributed by atoms with van der Waals surface area (Å²) < 4.78 is 13.9. The Morgan fingerprint density at radius 2 is 2.05 bits per heavy atom. The number of rotatable bonds is 1. The molecule has 0 aliphatic carbocycles. The van der Waals surface area contributed by atoms with Crippen LogP contribution in [0.1, 0.15) is 29.3 Å². The first-order valence-corrected chi connectivity index (χ1v) is 6.21. The standard InChI is InChI=1S/C14H12FN3O2/c1-7-16-13-12(14(20)17-7)9(6-11(19)18-13)8-4-2-3-5-10(8)15/h2-5,9H,6H2,1H3,(H2,16,17,18,19,20). The lowest BCUT2D eigenvalue weighted by Crippen LogP contribution is -2.31. The number of aryl methyl sites for hydroxylation is 1. The molecule has 20 heavy (non-hydrogen) atoms. The van der Waals surface area contributed by atoms with Gasteiger partial charge in [0.2, 0.25) is 5.91 Å². The lowest BCUT2D eigenvalue weighted by atomic mass is 9.86. The third kappa shape index (κ3) is 1.99. The molecular formula is C14H12FN3O2. The molecule has 1 atom stereocenters. The Hall–Kier alpha value is -2.50. The fourth-order valence-electron chi connectivity index (χ4n) is 2.51. The molecule has 2 heterocycles. The number of amides is 1. The predicted octanol–water partition coefficient (Wildman–Crippen LogP) is 1.69. The molecule has 1 amide bonds. The molecule has 6 heteroatoms. The van der Waals surface area contributed by atoms with Gasteiger partial charge in [0.25, 0.3) is 5.56 Å². The van der Waals surface area contributed by atoms with Crippen LogP contribution >= 0.6 is 0 Å². The fourth-order valence-corrected chi connectivity index (χ4v) is 2.51. The fraction of sp³-hybridized carbons (Fsp3) is 0.214. The van der Waals surface area contributed by atoms with E-state index in [2.05, 4.69) is 15.3 Å². The number of benzene rings is 1. The van der Waals surface area contributed by atoms with Crippen molar-refractivity contribution in [3.8, 4) is 0 Å². The molecule has 1 unspecified atom stereocenters. The summed E-state index contributed by atoms with van der Waals surface area (Å²) in [6.45, 7) is 1.63. The van der Waals surface area contributed by atoms with Crippen molar-refractivity contribution in [3.05, 3.63) is 57.4 Å². The number of hydrogen-bond acceptors (Lipinski definition) is 3. The summed E-state index contributed by atoms with van der Waals surface area (Å²) in [5, 5.41) is 2.57. The predicted molar refractivity (Wildman–Crippen MR) is 71.1 cm³/mol. The Balaban J connectivity index is 2.23. The molecule has 0 saturated carbocycles. The van der Waals surface area contributed by atoms with E-state index >= 15 is 0 Å². The van der Waals surface area contributed by atoms with Crippen LogP contribution in [0.15, 0.2) is 29.1 Å². The van der Waals surface area contributed by atoms with Gasteiger partial charge in [0.15, 0.2) is 0 Å². The van der Waals surface area contributed by atoms with Gasteiger partial charge in [-0.1, -0.05) is 18.2 Å². The average molecular weight is 273 g/mol. The van der Waals surface area contributed by atoms with Crippen LogP contribution in [0.5, 0.6) is 0 Å². The van der Waals surface area contributed by atoms with Crippen molar-refractivity contribution >= 4 is 11.7 Å². The molecular weight excluding hydrogens is 261 g/mol. The molecule has 2 N–H and O–H groups in total. The van der Waals surface area contributed by atoms with Gasteiger partial charge >= 0.3 is 0 Å². The quantitative estimate of drug-likeness (QED) is 0.830. The molecule has 5 nitrogen and oxygen atoms in total. The van der Waals surface area contributed by atoms with Crippen LogP contribution in [0.25, 0.3) is 0 Å². The van der Waals surface area contributed by atoms with E-state index in [9.17, 15) is 14.0 Å². The topological polar surface area (TPSA) is 74.8 Å². The van der Waals surface area contributed by atoms with Gasteiger partial charge in [-0.25, -0.2) is 9.37 Å². The average Bonchev–Trinajstić information content (AvgIpc) is 2.37. The second kappa shape index (κ2) is 4.56. The summed E-state index contributed by atoms with van der Waals surface area (Å²) in [5.41, 5.74) is 0.292. The van der Waals surface area contributed by atoms with Gasteiger partial charge < -0.3 is 10.3 Å². The molecule has 1 aliphatic heterocycles. The van der Waals surface area contributed by atoms with E-state index < -0.39 is 11.7 Å². The zero-order valence-corrected chi connectivity index (χ0v) is 10.7. The summed E-state index contributed by atoms with van der Waals surface area (Å²) in [6.07, 6.45) is 0.0295. The van der Waals surface area contributed by atoms with Gasteiger partial charge in [0, 0.05) is 12.3 Å². The maximum atomic E-state index is 13.9. The van der Waals surface area contributed by atoms with Crippen LogP contribution in [-0.2, 0) is 4.79 Å². The lowest BCUT2D eigenvalue weighted by Gasteiger charge is -2.24. The minimum Gasteiger partial charge on any atom is -0.310 e. The molecule has 102 valence electrons.